The van der Waals surface area contributed by atoms with Crippen LogP contribution >= 0.6 is 0 Å². The summed E-state index contributed by atoms with van der Waals surface area (Å²) in [5, 5.41) is 2.73. The predicted molar refractivity (Wildman–Crippen MR) is 51.4 cm³/mol. The first-order valence-corrected chi connectivity index (χ1v) is 4.65. The lowest BCUT2D eigenvalue weighted by atomic mass is 10.2. The van der Waals surface area contributed by atoms with Gasteiger partial charge in [-0.2, -0.15) is 13.2 Å². The average molecular weight is 218 g/mol. The van der Waals surface area contributed by atoms with Crippen LogP contribution in [0.5, 0.6) is 0 Å². The molecule has 1 rings (SSSR count). The minimum atomic E-state index is -4.09. The summed E-state index contributed by atoms with van der Waals surface area (Å²) in [6, 6.07) is 1.90. The summed E-state index contributed by atoms with van der Waals surface area (Å²) in [5.74, 6) is 0. The molecule has 1 aromatic heterocycles. The number of hydrogen-bond donors (Lipinski definition) is 1. The second-order valence-corrected chi connectivity index (χ2v) is 3.41. The Kier molecular flexibility index (Phi) is 4.08. The van der Waals surface area contributed by atoms with Crippen LogP contribution in [0.1, 0.15) is 17.5 Å². The van der Waals surface area contributed by atoms with Gasteiger partial charge in [-0.05, 0) is 18.1 Å². The van der Waals surface area contributed by atoms with Crippen LogP contribution < -0.4 is 5.32 Å². The number of aromatic nitrogens is 1. The largest absolute Gasteiger partial charge is 0.390 e. The van der Waals surface area contributed by atoms with E-state index in [2.05, 4.69) is 10.3 Å². The summed E-state index contributed by atoms with van der Waals surface area (Å²) < 4.78 is 35.4. The van der Waals surface area contributed by atoms with Crippen molar-refractivity contribution in [1.82, 2.24) is 10.3 Å². The van der Waals surface area contributed by atoms with Gasteiger partial charge in [0.1, 0.15) is 0 Å². The van der Waals surface area contributed by atoms with E-state index in [1.807, 2.05) is 13.0 Å². The molecule has 0 amide bonds. The van der Waals surface area contributed by atoms with E-state index in [0.29, 0.717) is 6.54 Å². The maximum atomic E-state index is 11.8. The Morgan fingerprint density at radius 2 is 2.07 bits per heavy atom. The second-order valence-electron chi connectivity index (χ2n) is 3.41. The first kappa shape index (κ1) is 12.0. The van der Waals surface area contributed by atoms with Gasteiger partial charge in [0.05, 0.1) is 6.42 Å². The normalized spacial score (nSPS) is 11.7. The first-order valence-electron chi connectivity index (χ1n) is 4.65. The van der Waals surface area contributed by atoms with Crippen LogP contribution in [0.3, 0.4) is 0 Å². The van der Waals surface area contributed by atoms with Gasteiger partial charge in [-0.1, -0.05) is 6.07 Å². The Morgan fingerprint density at radius 3 is 2.67 bits per heavy atom. The zero-order valence-corrected chi connectivity index (χ0v) is 8.43. The molecule has 2 nitrogen and oxygen atoms in total. The van der Waals surface area contributed by atoms with Gasteiger partial charge in [-0.15, -0.1) is 0 Å². The molecule has 0 fully saturated rings. The lowest BCUT2D eigenvalue weighted by molar-refractivity contribution is -0.133. The summed E-state index contributed by atoms with van der Waals surface area (Å²) in [6.07, 6.45) is -1.53. The summed E-state index contributed by atoms with van der Waals surface area (Å²) >= 11 is 0. The van der Waals surface area contributed by atoms with Gasteiger partial charge < -0.3 is 5.32 Å². The van der Waals surface area contributed by atoms with Crippen molar-refractivity contribution in [2.45, 2.75) is 26.1 Å². The molecule has 5 heteroatoms. The van der Waals surface area contributed by atoms with Gasteiger partial charge in [0.25, 0.3) is 0 Å². The van der Waals surface area contributed by atoms with Gasteiger partial charge in [-0.3, -0.25) is 4.98 Å². The third-order valence-corrected chi connectivity index (χ3v) is 1.85. The molecule has 1 heterocycles. The first-order chi connectivity index (χ1) is 6.97. The summed E-state index contributed by atoms with van der Waals surface area (Å²) in [7, 11) is 0. The predicted octanol–water partition coefficient (Wildman–Crippen LogP) is 2.43. The van der Waals surface area contributed by atoms with Crippen molar-refractivity contribution >= 4 is 0 Å². The van der Waals surface area contributed by atoms with E-state index in [0.717, 1.165) is 11.1 Å². The SMILES string of the molecule is Cc1cncc(CNCCC(F)(F)F)c1. The molecule has 84 valence electrons. The van der Waals surface area contributed by atoms with Gasteiger partial charge in [-0.25, -0.2) is 0 Å². The van der Waals surface area contributed by atoms with Crippen LogP contribution in [0.15, 0.2) is 18.5 Å². The zero-order valence-electron chi connectivity index (χ0n) is 8.43. The molecule has 1 N–H and O–H groups in total. The number of rotatable bonds is 4. The van der Waals surface area contributed by atoms with Gasteiger partial charge in [0.15, 0.2) is 0 Å². The molecular weight excluding hydrogens is 205 g/mol. The quantitative estimate of drug-likeness (QED) is 0.785. The van der Waals surface area contributed by atoms with Crippen LogP contribution in [0.4, 0.5) is 13.2 Å². The van der Waals surface area contributed by atoms with E-state index in [4.69, 9.17) is 0 Å². The molecule has 0 aliphatic carbocycles. The van der Waals surface area contributed by atoms with E-state index in [-0.39, 0.29) is 6.54 Å². The molecule has 15 heavy (non-hydrogen) atoms. The van der Waals surface area contributed by atoms with Gasteiger partial charge >= 0.3 is 6.18 Å². The summed E-state index contributed by atoms with van der Waals surface area (Å²) in [6.45, 7) is 2.26. The molecule has 0 radical (unpaired) electrons. The second kappa shape index (κ2) is 5.11. The van der Waals surface area contributed by atoms with Gasteiger partial charge in [0.2, 0.25) is 0 Å². The summed E-state index contributed by atoms with van der Waals surface area (Å²) in [4.78, 5) is 3.95. The topological polar surface area (TPSA) is 24.9 Å². The monoisotopic (exact) mass is 218 g/mol. The number of aryl methyl sites for hydroxylation is 1. The molecule has 0 spiro atoms. The molecule has 0 atom stereocenters. The standard InChI is InChI=1S/C10H13F3N2/c1-8-4-9(7-15-5-8)6-14-3-2-10(11,12)13/h4-5,7,14H,2-3,6H2,1H3. The van der Waals surface area contributed by atoms with Crippen LogP contribution in [-0.2, 0) is 6.54 Å². The number of nitrogens with one attached hydrogen (secondary N) is 1. The molecule has 0 aliphatic rings. The third kappa shape index (κ3) is 5.37. The van der Waals surface area contributed by atoms with E-state index in [1.54, 1.807) is 12.4 Å². The zero-order chi connectivity index (χ0) is 11.3. The lowest BCUT2D eigenvalue weighted by Gasteiger charge is -2.07. The highest BCUT2D eigenvalue weighted by Gasteiger charge is 2.25. The van der Waals surface area contributed by atoms with E-state index < -0.39 is 12.6 Å². The fourth-order valence-electron chi connectivity index (χ4n) is 1.18. The van der Waals surface area contributed by atoms with Crippen molar-refractivity contribution < 1.29 is 13.2 Å². The number of hydrogen-bond acceptors (Lipinski definition) is 2. The average Bonchev–Trinajstić information content (AvgIpc) is 2.11. The number of alkyl halides is 3. The fourth-order valence-corrected chi connectivity index (χ4v) is 1.18. The van der Waals surface area contributed by atoms with Crippen LogP contribution in [-0.4, -0.2) is 17.7 Å². The van der Waals surface area contributed by atoms with E-state index in [9.17, 15) is 13.2 Å². The molecule has 1 aromatic rings. The Labute approximate surface area is 86.5 Å². The molecule has 0 aliphatic heterocycles. The Morgan fingerprint density at radius 1 is 1.33 bits per heavy atom. The maximum Gasteiger partial charge on any atom is 0.390 e. The van der Waals surface area contributed by atoms with Crippen molar-refractivity contribution in [3.8, 4) is 0 Å². The van der Waals surface area contributed by atoms with Crippen molar-refractivity contribution in [1.29, 1.82) is 0 Å². The van der Waals surface area contributed by atoms with Crippen molar-refractivity contribution in [2.75, 3.05) is 6.54 Å². The molecule has 0 bridgehead atoms. The van der Waals surface area contributed by atoms with Crippen molar-refractivity contribution in [3.63, 3.8) is 0 Å². The van der Waals surface area contributed by atoms with Gasteiger partial charge in [0, 0.05) is 25.5 Å². The highest BCUT2D eigenvalue weighted by atomic mass is 19.4. The van der Waals surface area contributed by atoms with E-state index in [1.165, 1.54) is 0 Å². The maximum absolute atomic E-state index is 11.8. The number of halogens is 3. The van der Waals surface area contributed by atoms with E-state index >= 15 is 0 Å². The van der Waals surface area contributed by atoms with Crippen molar-refractivity contribution in [3.05, 3.63) is 29.6 Å². The summed E-state index contributed by atoms with van der Waals surface area (Å²) in [5.41, 5.74) is 1.90. The molecule has 0 saturated heterocycles. The van der Waals surface area contributed by atoms with Crippen molar-refractivity contribution in [2.24, 2.45) is 0 Å². The lowest BCUT2D eigenvalue weighted by Crippen LogP contribution is -2.21. The smallest absolute Gasteiger partial charge is 0.312 e. The third-order valence-electron chi connectivity index (χ3n) is 1.85. The van der Waals surface area contributed by atoms with Crippen LogP contribution in [0.25, 0.3) is 0 Å². The fraction of sp³-hybridized carbons (Fsp3) is 0.500. The highest BCUT2D eigenvalue weighted by Crippen LogP contribution is 2.18. The number of nitrogens with zero attached hydrogens (tertiary/aromatic N) is 1. The Balaban J connectivity index is 2.26. The number of pyridine rings is 1. The Bertz CT molecular complexity index is 310. The molecule has 0 aromatic carbocycles. The Hall–Kier alpha value is -1.10. The van der Waals surface area contributed by atoms with Crippen LogP contribution in [0.2, 0.25) is 0 Å². The minimum Gasteiger partial charge on any atom is -0.312 e. The highest BCUT2D eigenvalue weighted by molar-refractivity contribution is 5.16. The van der Waals surface area contributed by atoms with Crippen LogP contribution in [0, 0.1) is 6.92 Å². The molecular formula is C10H13F3N2. The minimum absolute atomic E-state index is 0.0581. The molecule has 0 unspecified atom stereocenters. The molecule has 0 saturated carbocycles.